The van der Waals surface area contributed by atoms with E-state index in [0.717, 1.165) is 19.3 Å². The largest absolute Gasteiger partial charge is 0.451 e. The fourth-order valence-corrected chi connectivity index (χ4v) is 5.53. The second-order valence-electron chi connectivity index (χ2n) is 8.72. The van der Waals surface area contributed by atoms with E-state index in [1.807, 2.05) is 6.07 Å². The second kappa shape index (κ2) is 7.45. The van der Waals surface area contributed by atoms with Gasteiger partial charge in [-0.1, -0.05) is 30.3 Å². The van der Waals surface area contributed by atoms with Gasteiger partial charge in [-0.15, -0.1) is 0 Å². The van der Waals surface area contributed by atoms with Crippen molar-refractivity contribution in [1.82, 2.24) is 0 Å². The topological polar surface area (TPSA) is 80.8 Å². The molecule has 3 aliphatic rings. The molecule has 3 fully saturated rings. The number of amides is 2. The number of fused-ring (bicyclic) bond motifs is 5. The molecule has 5 atom stereocenters. The summed E-state index contributed by atoms with van der Waals surface area (Å²) in [4.78, 5) is 52.1. The Hall–Kier alpha value is -3.28. The van der Waals surface area contributed by atoms with Gasteiger partial charge >= 0.3 is 5.97 Å². The molecule has 5 rings (SSSR count). The lowest BCUT2D eigenvalue weighted by atomic mass is 9.81. The highest BCUT2D eigenvalue weighted by molar-refractivity contribution is 6.22. The van der Waals surface area contributed by atoms with E-state index >= 15 is 0 Å². The summed E-state index contributed by atoms with van der Waals surface area (Å²) in [6, 6.07) is 14.9. The Morgan fingerprint density at radius 3 is 2.03 bits per heavy atom. The number of ketones is 1. The lowest BCUT2D eigenvalue weighted by Crippen LogP contribution is -2.32. The van der Waals surface area contributed by atoms with Gasteiger partial charge < -0.3 is 4.74 Å². The predicted octanol–water partition coefficient (Wildman–Crippen LogP) is 3.65. The highest BCUT2D eigenvalue weighted by Crippen LogP contribution is 2.56. The summed E-state index contributed by atoms with van der Waals surface area (Å²) in [6.07, 6.45) is 2.13. The van der Waals surface area contributed by atoms with Gasteiger partial charge in [0.05, 0.1) is 23.1 Å². The molecule has 0 spiro atoms. The van der Waals surface area contributed by atoms with Crippen molar-refractivity contribution in [3.63, 3.8) is 0 Å². The zero-order valence-electron chi connectivity index (χ0n) is 17.2. The molecule has 1 aliphatic heterocycles. The van der Waals surface area contributed by atoms with E-state index in [9.17, 15) is 19.2 Å². The lowest BCUT2D eigenvalue weighted by molar-refractivity contribution is -0.123. The number of carbonyl (C=O) groups is 4. The van der Waals surface area contributed by atoms with Gasteiger partial charge in [-0.25, -0.2) is 4.79 Å². The van der Waals surface area contributed by atoms with Crippen molar-refractivity contribution in [3.8, 4) is 0 Å². The van der Waals surface area contributed by atoms with Gasteiger partial charge in [-0.2, -0.15) is 0 Å². The van der Waals surface area contributed by atoms with Crippen LogP contribution >= 0.6 is 0 Å². The van der Waals surface area contributed by atoms with Gasteiger partial charge in [-0.3, -0.25) is 19.3 Å². The fraction of sp³-hybridized carbons (Fsp3) is 0.360. The molecule has 2 amide bonds. The van der Waals surface area contributed by atoms with Crippen LogP contribution < -0.4 is 4.90 Å². The lowest BCUT2D eigenvalue weighted by Gasteiger charge is -2.19. The Kier molecular flexibility index (Phi) is 4.73. The van der Waals surface area contributed by atoms with E-state index in [2.05, 4.69) is 0 Å². The van der Waals surface area contributed by atoms with E-state index < -0.39 is 12.1 Å². The van der Waals surface area contributed by atoms with Crippen LogP contribution in [-0.2, 0) is 14.3 Å². The number of benzene rings is 2. The molecule has 2 aromatic rings. The number of hydrogen-bond donors (Lipinski definition) is 0. The van der Waals surface area contributed by atoms with Gasteiger partial charge in [0.2, 0.25) is 17.6 Å². The molecule has 0 N–H and O–H groups in total. The van der Waals surface area contributed by atoms with Gasteiger partial charge in [-0.05, 0) is 62.3 Å². The van der Waals surface area contributed by atoms with Crippen LogP contribution in [0.15, 0.2) is 54.6 Å². The highest BCUT2D eigenvalue weighted by Gasteiger charge is 2.61. The average Bonchev–Trinajstić information content (AvgIpc) is 3.47. The summed E-state index contributed by atoms with van der Waals surface area (Å²) < 4.78 is 5.32. The Balaban J connectivity index is 1.28. The number of esters is 1. The van der Waals surface area contributed by atoms with Crippen LogP contribution in [0.1, 0.15) is 46.9 Å². The maximum Gasteiger partial charge on any atom is 0.338 e. The second-order valence-corrected chi connectivity index (χ2v) is 8.72. The van der Waals surface area contributed by atoms with Crippen LogP contribution in [0.4, 0.5) is 5.69 Å². The monoisotopic (exact) mass is 417 g/mol. The summed E-state index contributed by atoms with van der Waals surface area (Å²) in [5, 5.41) is 0. The van der Waals surface area contributed by atoms with Crippen molar-refractivity contribution in [1.29, 1.82) is 0 Å². The van der Waals surface area contributed by atoms with Gasteiger partial charge in [0.1, 0.15) is 0 Å². The van der Waals surface area contributed by atoms with Crippen LogP contribution in [0.2, 0.25) is 0 Å². The molecular formula is C25H23NO5. The molecule has 1 saturated heterocycles. The maximum atomic E-state index is 12.9. The number of anilines is 1. The van der Waals surface area contributed by atoms with E-state index in [-0.39, 0.29) is 35.0 Å². The zero-order chi connectivity index (χ0) is 21.7. The molecule has 2 saturated carbocycles. The van der Waals surface area contributed by atoms with E-state index in [1.54, 1.807) is 36.4 Å². The number of imide groups is 1. The summed E-state index contributed by atoms with van der Waals surface area (Å²) in [5.74, 6) is -0.832. The highest BCUT2D eigenvalue weighted by atomic mass is 16.5. The van der Waals surface area contributed by atoms with Crippen molar-refractivity contribution in [2.45, 2.75) is 32.3 Å². The first kappa shape index (κ1) is 19.7. The maximum absolute atomic E-state index is 12.9. The Morgan fingerprint density at radius 2 is 1.45 bits per heavy atom. The van der Waals surface area contributed by atoms with Gasteiger partial charge in [0, 0.05) is 5.56 Å². The minimum Gasteiger partial charge on any atom is -0.451 e. The summed E-state index contributed by atoms with van der Waals surface area (Å²) >= 11 is 0. The number of hydrogen-bond acceptors (Lipinski definition) is 5. The first-order valence-corrected chi connectivity index (χ1v) is 10.7. The minimum absolute atomic E-state index is 0.111. The third kappa shape index (κ3) is 3.17. The SMILES string of the molecule is CC(OC(=O)c1ccc(N2C(=O)C3C4CCC(C4)C3C2=O)cc1)C(=O)c1ccccc1. The number of nitrogens with zero attached hydrogens (tertiary/aromatic N) is 1. The van der Waals surface area contributed by atoms with Crippen molar-refractivity contribution in [2.24, 2.45) is 23.7 Å². The molecule has 6 heteroatoms. The Labute approximate surface area is 180 Å². The Morgan fingerprint density at radius 1 is 0.871 bits per heavy atom. The molecular weight excluding hydrogens is 394 g/mol. The summed E-state index contributed by atoms with van der Waals surface area (Å²) in [5.41, 5.74) is 1.22. The van der Waals surface area contributed by atoms with Crippen molar-refractivity contribution in [3.05, 3.63) is 65.7 Å². The van der Waals surface area contributed by atoms with E-state index in [4.69, 9.17) is 4.74 Å². The van der Waals surface area contributed by atoms with Crippen molar-refractivity contribution in [2.75, 3.05) is 4.90 Å². The number of carbonyl (C=O) groups excluding carboxylic acids is 4. The molecule has 5 unspecified atom stereocenters. The molecule has 6 nitrogen and oxygen atoms in total. The fourth-order valence-electron chi connectivity index (χ4n) is 5.53. The van der Waals surface area contributed by atoms with Crippen LogP contribution in [0.25, 0.3) is 0 Å². The first-order valence-electron chi connectivity index (χ1n) is 10.7. The molecule has 2 bridgehead atoms. The van der Waals surface area contributed by atoms with Crippen molar-refractivity contribution >= 4 is 29.3 Å². The number of Topliss-reactive ketones (excluding diaryl/α,β-unsaturated/α-hetero) is 1. The number of ether oxygens (including phenoxy) is 1. The summed E-state index contributed by atoms with van der Waals surface area (Å²) in [6.45, 7) is 1.54. The number of rotatable bonds is 5. The summed E-state index contributed by atoms with van der Waals surface area (Å²) in [7, 11) is 0. The van der Waals surface area contributed by atoms with Crippen LogP contribution in [0.5, 0.6) is 0 Å². The third-order valence-electron chi connectivity index (χ3n) is 7.00. The van der Waals surface area contributed by atoms with E-state index in [0.29, 0.717) is 23.1 Å². The third-order valence-corrected chi connectivity index (χ3v) is 7.00. The predicted molar refractivity (Wildman–Crippen MR) is 112 cm³/mol. The average molecular weight is 417 g/mol. The normalized spacial score (nSPS) is 27.3. The molecule has 31 heavy (non-hydrogen) atoms. The van der Waals surface area contributed by atoms with E-state index in [1.165, 1.54) is 24.0 Å². The molecule has 0 radical (unpaired) electrons. The molecule has 158 valence electrons. The molecule has 2 aliphatic carbocycles. The molecule has 2 aromatic carbocycles. The molecule has 0 aromatic heterocycles. The zero-order valence-corrected chi connectivity index (χ0v) is 17.2. The standard InChI is InChI=1S/C25H23NO5/c1-14(22(27)15-5-3-2-4-6-15)31-25(30)16-9-11-19(12-10-16)26-23(28)20-17-7-8-18(13-17)21(20)24(26)29/h2-6,9-12,14,17-18,20-21H,7-8,13H2,1H3. The van der Waals surface area contributed by atoms with Crippen molar-refractivity contribution < 1.29 is 23.9 Å². The smallest absolute Gasteiger partial charge is 0.338 e. The van der Waals surface area contributed by atoms with Crippen LogP contribution in [0, 0.1) is 23.7 Å². The van der Waals surface area contributed by atoms with Gasteiger partial charge in [0.25, 0.3) is 0 Å². The molecule has 1 heterocycles. The minimum atomic E-state index is -0.925. The van der Waals surface area contributed by atoms with Crippen LogP contribution in [0.3, 0.4) is 0 Å². The quantitative estimate of drug-likeness (QED) is 0.421. The van der Waals surface area contributed by atoms with Crippen LogP contribution in [-0.4, -0.2) is 29.7 Å². The van der Waals surface area contributed by atoms with Gasteiger partial charge in [0.15, 0.2) is 6.10 Å². The Bertz CT molecular complexity index is 1030. The first-order chi connectivity index (χ1) is 15.0.